The number of aliphatic hydroxyl groups is 1. The number of aliphatic hydroxyl groups excluding tert-OH is 1. The lowest BCUT2D eigenvalue weighted by Crippen LogP contribution is -2.15. The number of sulfone groups is 1. The predicted octanol–water partition coefficient (Wildman–Crippen LogP) is 4.58. The SMILES string of the molecule is CCS(=O)(=O)c1ccc(C(O)c2nc3c([nH]2)CC(Cl)C(c2ccccc2OCCOC)=C3Cl)cc1. The summed E-state index contributed by atoms with van der Waals surface area (Å²) in [4.78, 5) is 7.93. The van der Waals surface area contributed by atoms with Gasteiger partial charge in [0.2, 0.25) is 0 Å². The Kier molecular flexibility index (Phi) is 7.88. The van der Waals surface area contributed by atoms with Gasteiger partial charge in [-0.25, -0.2) is 13.4 Å². The van der Waals surface area contributed by atoms with Crippen LogP contribution in [0.3, 0.4) is 0 Å². The number of aromatic amines is 1. The highest BCUT2D eigenvalue weighted by molar-refractivity contribution is 7.91. The number of methoxy groups -OCH3 is 1. The van der Waals surface area contributed by atoms with Crippen molar-refractivity contribution in [2.24, 2.45) is 0 Å². The van der Waals surface area contributed by atoms with Gasteiger partial charge in [0.05, 0.1) is 27.7 Å². The smallest absolute Gasteiger partial charge is 0.178 e. The molecule has 4 rings (SSSR count). The maximum Gasteiger partial charge on any atom is 0.178 e. The van der Waals surface area contributed by atoms with Crippen molar-refractivity contribution in [1.29, 1.82) is 0 Å². The van der Waals surface area contributed by atoms with Gasteiger partial charge in [0.25, 0.3) is 0 Å². The van der Waals surface area contributed by atoms with Gasteiger partial charge in [0, 0.05) is 30.4 Å². The Morgan fingerprint density at radius 2 is 1.89 bits per heavy atom. The maximum atomic E-state index is 12.1. The molecule has 0 aliphatic heterocycles. The Morgan fingerprint density at radius 3 is 2.57 bits per heavy atom. The number of para-hydroxylation sites is 1. The number of hydrogen-bond acceptors (Lipinski definition) is 6. The van der Waals surface area contributed by atoms with Crippen molar-refractivity contribution < 1.29 is 23.0 Å². The van der Waals surface area contributed by atoms with E-state index in [0.29, 0.717) is 53.1 Å². The van der Waals surface area contributed by atoms with Crippen molar-refractivity contribution in [3.05, 3.63) is 76.9 Å². The minimum Gasteiger partial charge on any atom is -0.491 e. The number of halogens is 2. The van der Waals surface area contributed by atoms with E-state index in [2.05, 4.69) is 9.97 Å². The van der Waals surface area contributed by atoms with E-state index in [0.717, 1.165) is 11.3 Å². The number of alkyl halides is 1. The Hall–Kier alpha value is -2.36. The molecule has 2 unspecified atom stereocenters. The van der Waals surface area contributed by atoms with Crippen molar-refractivity contribution in [2.75, 3.05) is 26.1 Å². The Bertz CT molecular complexity index is 1340. The number of aromatic nitrogens is 2. The van der Waals surface area contributed by atoms with Crippen LogP contribution in [0.15, 0.2) is 53.4 Å². The summed E-state index contributed by atoms with van der Waals surface area (Å²) in [7, 11) is -1.72. The zero-order valence-corrected chi connectivity index (χ0v) is 21.6. The molecule has 3 aromatic rings. The van der Waals surface area contributed by atoms with E-state index < -0.39 is 21.3 Å². The summed E-state index contributed by atoms with van der Waals surface area (Å²) in [5, 5.41) is 10.9. The first kappa shape index (κ1) is 25.7. The molecular formula is C25H26Cl2N2O5S. The summed E-state index contributed by atoms with van der Waals surface area (Å²) in [6.45, 7) is 2.42. The van der Waals surface area contributed by atoms with E-state index >= 15 is 0 Å². The number of allylic oxidation sites excluding steroid dienone is 1. The van der Waals surface area contributed by atoms with Gasteiger partial charge in [-0.3, -0.25) is 0 Å². The monoisotopic (exact) mass is 536 g/mol. The summed E-state index contributed by atoms with van der Waals surface area (Å²) in [5.74, 6) is 0.950. The van der Waals surface area contributed by atoms with Crippen LogP contribution >= 0.6 is 23.2 Å². The zero-order chi connectivity index (χ0) is 25.2. The lowest BCUT2D eigenvalue weighted by Gasteiger charge is -2.23. The van der Waals surface area contributed by atoms with Crippen molar-refractivity contribution >= 4 is 43.6 Å². The number of hydrogen-bond donors (Lipinski definition) is 2. The molecule has 186 valence electrons. The molecule has 1 heterocycles. The van der Waals surface area contributed by atoms with Crippen LogP contribution in [0.2, 0.25) is 0 Å². The van der Waals surface area contributed by atoms with Gasteiger partial charge < -0.3 is 19.6 Å². The standard InChI is InChI=1S/C25H26Cl2N2O5S/c1-3-35(31,32)16-10-8-15(9-11-16)24(30)25-28-19-14-18(26)21(22(27)23(19)29-25)17-6-4-5-7-20(17)34-13-12-33-2/h4-11,18,24,30H,3,12-14H2,1-2H3,(H,28,29). The van der Waals surface area contributed by atoms with Crippen molar-refractivity contribution in [2.45, 2.75) is 29.7 Å². The fourth-order valence-electron chi connectivity index (χ4n) is 3.95. The molecule has 0 bridgehead atoms. The second-order valence-corrected chi connectivity index (χ2v) is 11.2. The van der Waals surface area contributed by atoms with Gasteiger partial charge in [-0.2, -0.15) is 0 Å². The second-order valence-electron chi connectivity index (χ2n) is 8.06. The first-order valence-corrected chi connectivity index (χ1v) is 13.6. The maximum absolute atomic E-state index is 12.1. The molecule has 1 aliphatic carbocycles. The molecule has 0 radical (unpaired) electrons. The van der Waals surface area contributed by atoms with Gasteiger partial charge >= 0.3 is 0 Å². The molecule has 2 atom stereocenters. The third-order valence-corrected chi connectivity index (χ3v) is 8.36. The number of rotatable bonds is 9. The molecule has 2 N–H and O–H groups in total. The normalized spacial score (nSPS) is 16.8. The number of imidazole rings is 1. The number of nitrogens with zero attached hydrogens (tertiary/aromatic N) is 1. The van der Waals surface area contributed by atoms with E-state index in [-0.39, 0.29) is 10.6 Å². The number of nitrogens with one attached hydrogen (secondary N) is 1. The molecule has 2 aromatic carbocycles. The van der Waals surface area contributed by atoms with E-state index in [1.165, 1.54) is 12.1 Å². The van der Waals surface area contributed by atoms with Crippen LogP contribution in [0.1, 0.15) is 41.4 Å². The Balaban J connectivity index is 1.66. The lowest BCUT2D eigenvalue weighted by atomic mass is 9.92. The summed E-state index contributed by atoms with van der Waals surface area (Å²) >= 11 is 13.6. The summed E-state index contributed by atoms with van der Waals surface area (Å²) in [6.07, 6.45) is -0.659. The Labute approximate surface area is 214 Å². The molecule has 0 saturated heterocycles. The molecular weight excluding hydrogens is 511 g/mol. The van der Waals surface area contributed by atoms with E-state index in [4.69, 9.17) is 32.7 Å². The number of H-pyrrole nitrogens is 1. The topological polar surface area (TPSA) is 102 Å². The third-order valence-electron chi connectivity index (χ3n) is 5.85. The fraction of sp³-hybridized carbons (Fsp3) is 0.320. The van der Waals surface area contributed by atoms with Crippen LogP contribution in [0.25, 0.3) is 10.6 Å². The lowest BCUT2D eigenvalue weighted by molar-refractivity contribution is 0.146. The molecule has 7 nitrogen and oxygen atoms in total. The highest BCUT2D eigenvalue weighted by Crippen LogP contribution is 2.44. The average Bonchev–Trinajstić information content (AvgIpc) is 3.29. The largest absolute Gasteiger partial charge is 0.491 e. The molecule has 35 heavy (non-hydrogen) atoms. The summed E-state index contributed by atoms with van der Waals surface area (Å²) < 4.78 is 35.1. The van der Waals surface area contributed by atoms with Gasteiger partial charge in [0.15, 0.2) is 9.84 Å². The first-order chi connectivity index (χ1) is 16.8. The summed E-state index contributed by atoms with van der Waals surface area (Å²) in [6, 6.07) is 13.6. The molecule has 0 amide bonds. The molecule has 0 fully saturated rings. The van der Waals surface area contributed by atoms with Crippen LogP contribution in [0.5, 0.6) is 5.75 Å². The third kappa shape index (κ3) is 5.27. The quantitative estimate of drug-likeness (QED) is 0.306. The first-order valence-electron chi connectivity index (χ1n) is 11.1. The summed E-state index contributed by atoms with van der Waals surface area (Å²) in [5.41, 5.74) is 3.22. The van der Waals surface area contributed by atoms with Crippen LogP contribution in [0, 0.1) is 0 Å². The van der Waals surface area contributed by atoms with Crippen LogP contribution < -0.4 is 4.74 Å². The Morgan fingerprint density at radius 1 is 1.17 bits per heavy atom. The zero-order valence-electron chi connectivity index (χ0n) is 19.3. The van der Waals surface area contributed by atoms with Crippen LogP contribution in [0.4, 0.5) is 0 Å². The van der Waals surface area contributed by atoms with Crippen molar-refractivity contribution in [3.63, 3.8) is 0 Å². The minimum absolute atomic E-state index is 0.00706. The molecule has 0 saturated carbocycles. The van der Waals surface area contributed by atoms with Crippen molar-refractivity contribution in [1.82, 2.24) is 9.97 Å². The van der Waals surface area contributed by atoms with Crippen molar-refractivity contribution in [3.8, 4) is 5.75 Å². The minimum atomic E-state index is -3.33. The molecule has 10 heteroatoms. The highest BCUT2D eigenvalue weighted by Gasteiger charge is 2.32. The van der Waals surface area contributed by atoms with Gasteiger partial charge in [0.1, 0.15) is 30.0 Å². The molecule has 1 aromatic heterocycles. The molecule has 0 spiro atoms. The van der Waals surface area contributed by atoms with Gasteiger partial charge in [-0.05, 0) is 23.8 Å². The van der Waals surface area contributed by atoms with E-state index in [9.17, 15) is 13.5 Å². The van der Waals surface area contributed by atoms with Crippen LogP contribution in [-0.2, 0) is 21.0 Å². The number of ether oxygens (including phenoxy) is 2. The number of fused-ring (bicyclic) bond motifs is 1. The fourth-order valence-corrected chi connectivity index (χ4v) is 5.66. The average molecular weight is 537 g/mol. The van der Waals surface area contributed by atoms with E-state index in [1.807, 2.05) is 24.3 Å². The van der Waals surface area contributed by atoms with Crippen LogP contribution in [-0.4, -0.2) is 54.9 Å². The van der Waals surface area contributed by atoms with Gasteiger partial charge in [-0.1, -0.05) is 48.9 Å². The predicted molar refractivity (Wildman–Crippen MR) is 137 cm³/mol. The number of benzene rings is 2. The second kappa shape index (κ2) is 10.7. The van der Waals surface area contributed by atoms with E-state index in [1.54, 1.807) is 26.2 Å². The molecule has 1 aliphatic rings. The highest BCUT2D eigenvalue weighted by atomic mass is 35.5. The van der Waals surface area contributed by atoms with Gasteiger partial charge in [-0.15, -0.1) is 11.6 Å².